The van der Waals surface area contributed by atoms with Crippen LogP contribution in [0.15, 0.2) is 18.2 Å². The summed E-state index contributed by atoms with van der Waals surface area (Å²) in [7, 11) is 0. The molecule has 0 bridgehead atoms. The van der Waals surface area contributed by atoms with E-state index in [1.807, 2.05) is 12.5 Å². The predicted molar refractivity (Wildman–Crippen MR) is 70.1 cm³/mol. The Morgan fingerprint density at radius 3 is 2.65 bits per heavy atom. The molecule has 0 aliphatic heterocycles. The van der Waals surface area contributed by atoms with Gasteiger partial charge in [-0.25, -0.2) is 0 Å². The van der Waals surface area contributed by atoms with Gasteiger partial charge < -0.3 is 10.5 Å². The lowest BCUT2D eigenvalue weighted by molar-refractivity contribution is -0.0487. The Hall–Kier alpha value is -1.08. The Kier molecular flexibility index (Phi) is 5.43. The summed E-state index contributed by atoms with van der Waals surface area (Å²) in [5.74, 6) is 0.296. The minimum Gasteiger partial charge on any atom is -0.434 e. The van der Waals surface area contributed by atoms with Crippen molar-refractivity contribution < 1.29 is 13.5 Å². The number of ether oxygens (including phenoxy) is 1. The zero-order valence-corrected chi connectivity index (χ0v) is 10.9. The number of nitrogens with two attached hydrogens (primary N) is 1. The van der Waals surface area contributed by atoms with Crippen LogP contribution in [0.2, 0.25) is 0 Å². The molecule has 0 spiro atoms. The van der Waals surface area contributed by atoms with Gasteiger partial charge in [0.05, 0.1) is 10.1 Å². The molecule has 2 aromatic rings. The van der Waals surface area contributed by atoms with Crippen molar-refractivity contribution >= 4 is 39.2 Å². The van der Waals surface area contributed by atoms with Gasteiger partial charge in [0, 0.05) is 0 Å². The van der Waals surface area contributed by atoms with Crippen LogP contribution in [0.5, 0.6) is 5.75 Å². The van der Waals surface area contributed by atoms with E-state index in [0.717, 1.165) is 16.2 Å². The third-order valence-corrected chi connectivity index (χ3v) is 2.53. The van der Waals surface area contributed by atoms with E-state index in [2.05, 4.69) is 9.11 Å². The highest BCUT2D eigenvalue weighted by Crippen LogP contribution is 2.33. The average molecular weight is 278 g/mol. The first kappa shape index (κ1) is 14.0. The van der Waals surface area contributed by atoms with Gasteiger partial charge in [0.15, 0.2) is 0 Å². The molecule has 2 rings (SSSR count). The smallest absolute Gasteiger partial charge is 0.387 e. The van der Waals surface area contributed by atoms with Gasteiger partial charge in [0.25, 0.3) is 0 Å². The van der Waals surface area contributed by atoms with Crippen LogP contribution in [0.4, 0.5) is 14.6 Å². The number of benzene rings is 1. The van der Waals surface area contributed by atoms with Crippen molar-refractivity contribution in [1.82, 2.24) is 4.37 Å². The maximum atomic E-state index is 12.0. The van der Waals surface area contributed by atoms with Gasteiger partial charge in [0.1, 0.15) is 11.6 Å². The molecular formula is C10H12F2N2OS2. The third kappa shape index (κ3) is 3.71. The summed E-state index contributed by atoms with van der Waals surface area (Å²) in [5.41, 5.74) is 5.53. The van der Waals surface area contributed by atoms with Crippen LogP contribution >= 0.6 is 23.3 Å². The number of hydrogen-bond donors (Lipinski definition) is 1. The normalized spacial score (nSPS) is 10.2. The van der Waals surface area contributed by atoms with Crippen molar-refractivity contribution in [3.63, 3.8) is 0 Å². The van der Waals surface area contributed by atoms with E-state index in [-0.39, 0.29) is 11.6 Å². The maximum Gasteiger partial charge on any atom is 0.387 e. The van der Waals surface area contributed by atoms with Gasteiger partial charge in [-0.15, -0.1) is 0 Å². The molecule has 0 radical (unpaired) electrons. The molecule has 3 nitrogen and oxygen atoms in total. The summed E-state index contributed by atoms with van der Waals surface area (Å²) in [6.07, 6.45) is 4.08. The summed E-state index contributed by atoms with van der Waals surface area (Å²) >= 11 is 2.91. The minimum absolute atomic E-state index is 0.0729. The number of fused-ring (bicyclic) bond motifs is 1. The molecule has 0 amide bonds. The van der Waals surface area contributed by atoms with Crippen LogP contribution in [0.1, 0.15) is 0 Å². The third-order valence-electron chi connectivity index (χ3n) is 1.70. The van der Waals surface area contributed by atoms with Crippen LogP contribution in [-0.2, 0) is 0 Å². The van der Waals surface area contributed by atoms with Gasteiger partial charge in [-0.05, 0) is 36.2 Å². The van der Waals surface area contributed by atoms with Crippen molar-refractivity contribution in [2.24, 2.45) is 0 Å². The quantitative estimate of drug-likeness (QED) is 0.914. The van der Waals surface area contributed by atoms with E-state index >= 15 is 0 Å². The number of hydrogen-bond acceptors (Lipinski definition) is 5. The Bertz CT molecular complexity index is 476. The fourth-order valence-electron chi connectivity index (χ4n) is 1.18. The number of aromatic nitrogens is 1. The summed E-state index contributed by atoms with van der Waals surface area (Å²) in [6, 6.07) is 4.82. The van der Waals surface area contributed by atoms with E-state index in [9.17, 15) is 8.78 Å². The summed E-state index contributed by atoms with van der Waals surface area (Å²) in [4.78, 5) is 0. The fraction of sp³-hybridized carbons (Fsp3) is 0.300. The van der Waals surface area contributed by atoms with Gasteiger partial charge in [0.2, 0.25) is 0 Å². The van der Waals surface area contributed by atoms with Gasteiger partial charge in [-0.3, -0.25) is 0 Å². The molecular weight excluding hydrogens is 266 g/mol. The Balaban J connectivity index is 0.000000437. The molecule has 0 fully saturated rings. The van der Waals surface area contributed by atoms with E-state index in [1.54, 1.807) is 23.9 Å². The molecule has 1 aromatic heterocycles. The molecule has 94 valence electrons. The first-order chi connectivity index (χ1) is 8.10. The van der Waals surface area contributed by atoms with Crippen molar-refractivity contribution in [2.45, 2.75) is 6.61 Å². The molecule has 0 aliphatic carbocycles. The fourth-order valence-corrected chi connectivity index (χ4v) is 1.90. The lowest BCUT2D eigenvalue weighted by Crippen LogP contribution is -2.02. The summed E-state index contributed by atoms with van der Waals surface area (Å²) < 4.78 is 32.9. The molecule has 0 unspecified atom stereocenters. The van der Waals surface area contributed by atoms with Crippen LogP contribution < -0.4 is 10.5 Å². The molecule has 1 heterocycles. The van der Waals surface area contributed by atoms with E-state index in [1.165, 1.54) is 6.07 Å². The molecule has 0 saturated carbocycles. The van der Waals surface area contributed by atoms with Crippen molar-refractivity contribution in [1.29, 1.82) is 0 Å². The van der Waals surface area contributed by atoms with Crippen molar-refractivity contribution in [3.05, 3.63) is 18.2 Å². The largest absolute Gasteiger partial charge is 0.434 e. The van der Waals surface area contributed by atoms with Gasteiger partial charge in [-0.2, -0.15) is 24.9 Å². The van der Waals surface area contributed by atoms with Crippen LogP contribution in [-0.4, -0.2) is 23.5 Å². The standard InChI is InChI=1S/C8H6F2N2OS.C2H6S/c9-8(10)13-4-2-1-3-5-6(4)7(11)12-14-5;1-3-2/h1-3,8H,(H2,11,12);1-2H3. The van der Waals surface area contributed by atoms with Gasteiger partial charge >= 0.3 is 6.61 Å². The van der Waals surface area contributed by atoms with Crippen LogP contribution in [0.3, 0.4) is 0 Å². The molecule has 0 aliphatic rings. The molecule has 1 aromatic carbocycles. The highest BCUT2D eigenvalue weighted by Gasteiger charge is 2.12. The predicted octanol–water partition coefficient (Wildman–Crippen LogP) is 3.46. The second-order valence-electron chi connectivity index (χ2n) is 2.98. The van der Waals surface area contributed by atoms with Crippen molar-refractivity contribution in [2.75, 3.05) is 18.2 Å². The summed E-state index contributed by atoms with van der Waals surface area (Å²) in [5, 5.41) is 0.456. The molecule has 17 heavy (non-hydrogen) atoms. The Morgan fingerprint density at radius 2 is 2.06 bits per heavy atom. The molecule has 0 saturated heterocycles. The lowest BCUT2D eigenvalue weighted by atomic mass is 10.2. The second kappa shape index (κ2) is 6.61. The molecule has 2 N–H and O–H groups in total. The number of rotatable bonds is 2. The topological polar surface area (TPSA) is 48.1 Å². The first-order valence-electron chi connectivity index (χ1n) is 4.59. The minimum atomic E-state index is -2.85. The Morgan fingerprint density at radius 1 is 1.41 bits per heavy atom. The van der Waals surface area contributed by atoms with E-state index < -0.39 is 6.61 Å². The van der Waals surface area contributed by atoms with E-state index in [0.29, 0.717) is 5.39 Å². The van der Waals surface area contributed by atoms with Crippen molar-refractivity contribution in [3.8, 4) is 5.75 Å². The number of thioether (sulfide) groups is 1. The number of alkyl halides is 2. The van der Waals surface area contributed by atoms with Crippen LogP contribution in [0.25, 0.3) is 10.1 Å². The maximum absolute atomic E-state index is 12.0. The van der Waals surface area contributed by atoms with Gasteiger partial charge in [-0.1, -0.05) is 6.07 Å². The first-order valence-corrected chi connectivity index (χ1v) is 6.99. The number of anilines is 1. The lowest BCUT2D eigenvalue weighted by Gasteiger charge is -2.04. The molecule has 7 heteroatoms. The second-order valence-corrected chi connectivity index (χ2v) is 4.61. The zero-order chi connectivity index (χ0) is 12.8. The summed E-state index contributed by atoms with van der Waals surface area (Å²) in [6.45, 7) is -2.85. The number of nitrogens with zero attached hydrogens (tertiary/aromatic N) is 1. The van der Waals surface area contributed by atoms with Crippen LogP contribution in [0, 0.1) is 0 Å². The highest BCUT2D eigenvalue weighted by molar-refractivity contribution is 7.97. The molecule has 0 atom stereocenters. The SMILES string of the molecule is CSC.Nc1nsc2cccc(OC(F)F)c12. The zero-order valence-electron chi connectivity index (χ0n) is 9.31. The average Bonchev–Trinajstić information content (AvgIpc) is 2.62. The number of halogens is 2. The van der Waals surface area contributed by atoms with E-state index in [4.69, 9.17) is 5.73 Å². The highest BCUT2D eigenvalue weighted by atomic mass is 32.2. The Labute approximate surface area is 106 Å². The monoisotopic (exact) mass is 278 g/mol. The number of nitrogen functional groups attached to an aromatic ring is 1.